The molecule has 1 unspecified atom stereocenters. The summed E-state index contributed by atoms with van der Waals surface area (Å²) in [6.45, 7) is 0.205. The first-order chi connectivity index (χ1) is 14.6. The van der Waals surface area contributed by atoms with Gasteiger partial charge in [0.25, 0.3) is 0 Å². The number of rotatable bonds is 4. The van der Waals surface area contributed by atoms with E-state index in [1.807, 2.05) is 42.5 Å². The lowest BCUT2D eigenvalue weighted by molar-refractivity contribution is 0.229. The number of nitrogens with zero attached hydrogens (tertiary/aromatic N) is 2. The van der Waals surface area contributed by atoms with Gasteiger partial charge in [-0.2, -0.15) is 9.97 Å². The van der Waals surface area contributed by atoms with E-state index in [4.69, 9.17) is 17.3 Å². The second-order valence-corrected chi connectivity index (χ2v) is 7.85. The zero-order valence-corrected chi connectivity index (χ0v) is 17.2. The van der Waals surface area contributed by atoms with Crippen LogP contribution >= 0.6 is 11.6 Å². The predicted molar refractivity (Wildman–Crippen MR) is 121 cm³/mol. The van der Waals surface area contributed by atoms with Crippen molar-refractivity contribution in [1.29, 1.82) is 0 Å². The molecule has 0 aliphatic heterocycles. The molecular weight excluding hydrogens is 396 g/mol. The van der Waals surface area contributed by atoms with E-state index < -0.39 is 0 Å². The second kappa shape index (κ2) is 9.17. The Bertz CT molecular complexity index is 1070. The smallest absolute Gasteiger partial charge is 0.223 e. The van der Waals surface area contributed by atoms with Gasteiger partial charge < -0.3 is 16.2 Å². The van der Waals surface area contributed by atoms with Crippen LogP contribution < -0.4 is 11.1 Å². The summed E-state index contributed by atoms with van der Waals surface area (Å²) in [4.78, 5) is 8.38. The number of halogens is 1. The Labute approximate surface area is 181 Å². The molecule has 0 bridgehead atoms. The summed E-state index contributed by atoms with van der Waals surface area (Å²) in [6, 6.07) is 18.5. The summed E-state index contributed by atoms with van der Waals surface area (Å²) in [5.74, 6) is 7.23. The van der Waals surface area contributed by atoms with Crippen molar-refractivity contribution in [2.24, 2.45) is 5.92 Å². The van der Waals surface area contributed by atoms with Crippen LogP contribution in [-0.4, -0.2) is 27.7 Å². The van der Waals surface area contributed by atoms with Crippen LogP contribution in [0.5, 0.6) is 0 Å². The van der Waals surface area contributed by atoms with Crippen molar-refractivity contribution in [3.63, 3.8) is 0 Å². The molecule has 5 nitrogen and oxygen atoms in total. The van der Waals surface area contributed by atoms with Gasteiger partial charge in [0.2, 0.25) is 5.95 Å². The number of hydrogen-bond acceptors (Lipinski definition) is 5. The maximum Gasteiger partial charge on any atom is 0.223 e. The predicted octanol–water partition coefficient (Wildman–Crippen LogP) is 4.35. The highest BCUT2D eigenvalue weighted by molar-refractivity contribution is 6.31. The van der Waals surface area contributed by atoms with Gasteiger partial charge in [0.05, 0.1) is 0 Å². The van der Waals surface area contributed by atoms with Crippen LogP contribution in [0.2, 0.25) is 5.15 Å². The molecule has 1 saturated carbocycles. The molecule has 2 atom stereocenters. The summed E-state index contributed by atoms with van der Waals surface area (Å²) < 4.78 is 0. The van der Waals surface area contributed by atoms with Gasteiger partial charge in [0.15, 0.2) is 5.15 Å². The van der Waals surface area contributed by atoms with Gasteiger partial charge in [0, 0.05) is 18.2 Å². The van der Waals surface area contributed by atoms with Crippen LogP contribution in [0.1, 0.15) is 30.4 Å². The highest BCUT2D eigenvalue weighted by Crippen LogP contribution is 2.30. The van der Waals surface area contributed by atoms with E-state index in [9.17, 15) is 5.11 Å². The average molecular weight is 419 g/mol. The van der Waals surface area contributed by atoms with Crippen LogP contribution in [0.15, 0.2) is 54.6 Å². The highest BCUT2D eigenvalue weighted by atomic mass is 35.5. The third-order valence-corrected chi connectivity index (χ3v) is 5.62. The molecule has 4 rings (SSSR count). The molecule has 0 radical (unpaired) electrons. The Morgan fingerprint density at radius 1 is 1.00 bits per heavy atom. The van der Waals surface area contributed by atoms with Crippen molar-refractivity contribution in [2.75, 3.05) is 17.7 Å². The number of nitrogen functional groups attached to an aromatic ring is 1. The fourth-order valence-corrected chi connectivity index (χ4v) is 3.96. The Balaban J connectivity index is 1.57. The fraction of sp³-hybridized carbons (Fsp3) is 0.250. The average Bonchev–Trinajstić information content (AvgIpc) is 3.22. The van der Waals surface area contributed by atoms with Gasteiger partial charge in [-0.3, -0.25) is 0 Å². The lowest BCUT2D eigenvalue weighted by Crippen LogP contribution is -2.19. The molecule has 0 spiro atoms. The number of nitrogens with one attached hydrogen (secondary N) is 1. The van der Waals surface area contributed by atoms with E-state index in [1.54, 1.807) is 0 Å². The molecule has 6 heteroatoms. The quantitative estimate of drug-likeness (QED) is 0.433. The summed E-state index contributed by atoms with van der Waals surface area (Å²) in [7, 11) is 0. The van der Waals surface area contributed by atoms with Gasteiger partial charge in [-0.1, -0.05) is 65.9 Å². The molecule has 1 aromatic heterocycles. The lowest BCUT2D eigenvalue weighted by Gasteiger charge is -2.15. The van der Waals surface area contributed by atoms with E-state index in [-0.39, 0.29) is 23.8 Å². The molecule has 2 aromatic carbocycles. The van der Waals surface area contributed by atoms with Crippen LogP contribution in [0, 0.1) is 17.8 Å². The van der Waals surface area contributed by atoms with Crippen LogP contribution in [0.25, 0.3) is 11.1 Å². The first-order valence-corrected chi connectivity index (χ1v) is 10.4. The van der Waals surface area contributed by atoms with Gasteiger partial charge >= 0.3 is 0 Å². The molecule has 30 heavy (non-hydrogen) atoms. The molecule has 1 fully saturated rings. The first kappa shape index (κ1) is 20.2. The Kier molecular flexibility index (Phi) is 6.18. The van der Waals surface area contributed by atoms with E-state index in [0.717, 1.165) is 36.0 Å². The van der Waals surface area contributed by atoms with Crippen LogP contribution in [0.3, 0.4) is 0 Å². The highest BCUT2D eigenvalue weighted by Gasteiger charge is 2.25. The first-order valence-electron chi connectivity index (χ1n) is 10.0. The minimum atomic E-state index is 0.108. The third kappa shape index (κ3) is 4.73. The van der Waals surface area contributed by atoms with Crippen molar-refractivity contribution >= 4 is 23.4 Å². The normalized spacial score (nSPS) is 17.9. The van der Waals surface area contributed by atoms with Crippen LogP contribution in [-0.2, 0) is 0 Å². The minimum Gasteiger partial charge on any atom is -0.396 e. The molecular formula is C24H23ClN4O. The number of aliphatic hydroxyl groups excluding tert-OH is 1. The third-order valence-electron chi connectivity index (χ3n) is 5.35. The molecule has 4 N–H and O–H groups in total. The Morgan fingerprint density at radius 3 is 2.43 bits per heavy atom. The van der Waals surface area contributed by atoms with E-state index >= 15 is 0 Å². The van der Waals surface area contributed by atoms with Gasteiger partial charge in [0.1, 0.15) is 11.4 Å². The Morgan fingerprint density at radius 2 is 1.73 bits per heavy atom. The molecule has 152 valence electrons. The van der Waals surface area contributed by atoms with Crippen molar-refractivity contribution in [1.82, 2.24) is 9.97 Å². The zero-order valence-electron chi connectivity index (χ0n) is 16.5. The molecule has 1 heterocycles. The van der Waals surface area contributed by atoms with Crippen molar-refractivity contribution < 1.29 is 5.11 Å². The monoisotopic (exact) mass is 418 g/mol. The van der Waals surface area contributed by atoms with Gasteiger partial charge in [-0.25, -0.2) is 0 Å². The van der Waals surface area contributed by atoms with Crippen molar-refractivity contribution in [3.8, 4) is 23.0 Å². The van der Waals surface area contributed by atoms with Crippen LogP contribution in [0.4, 0.5) is 11.8 Å². The number of benzene rings is 2. The standard InChI is InChI=1S/C24H23ClN4O/c25-22-21(23(29-24(26)28-22)27-20-12-8-17(14-20)15-30)13-9-16-6-10-19(11-7-16)18-4-2-1-3-5-18/h1-7,10-11,17,20,30H,8,12,14-15H2,(H3,26,27,28,29)/t17?,20-/m0/s1. The van der Waals surface area contributed by atoms with Crippen molar-refractivity contribution in [2.45, 2.75) is 25.3 Å². The number of hydrogen-bond donors (Lipinski definition) is 3. The van der Waals surface area contributed by atoms with Crippen molar-refractivity contribution in [3.05, 3.63) is 70.9 Å². The molecule has 1 aliphatic carbocycles. The number of aliphatic hydroxyl groups is 1. The van der Waals surface area contributed by atoms with Gasteiger partial charge in [-0.15, -0.1) is 0 Å². The SMILES string of the molecule is Nc1nc(Cl)c(C#Cc2ccc(-c3ccccc3)cc2)c(N[C@H]2CCC(CO)C2)n1. The lowest BCUT2D eigenvalue weighted by atomic mass is 10.0. The van der Waals surface area contributed by atoms with E-state index in [1.165, 1.54) is 0 Å². The molecule has 0 amide bonds. The number of anilines is 2. The van der Waals surface area contributed by atoms with Gasteiger partial charge in [-0.05, 0) is 48.4 Å². The van der Waals surface area contributed by atoms with E-state index in [0.29, 0.717) is 17.3 Å². The fourth-order valence-electron chi connectivity index (χ4n) is 3.74. The summed E-state index contributed by atoms with van der Waals surface area (Å²) in [6.07, 6.45) is 2.82. The molecule has 3 aromatic rings. The van der Waals surface area contributed by atoms with E-state index in [2.05, 4.69) is 39.3 Å². The summed E-state index contributed by atoms with van der Waals surface area (Å²) in [5.41, 5.74) is 9.50. The molecule has 0 saturated heterocycles. The molecule has 1 aliphatic rings. The summed E-state index contributed by atoms with van der Waals surface area (Å²) in [5, 5.41) is 13.0. The minimum absolute atomic E-state index is 0.108. The second-order valence-electron chi connectivity index (χ2n) is 7.49. The zero-order chi connectivity index (χ0) is 20.9. The largest absolute Gasteiger partial charge is 0.396 e. The summed E-state index contributed by atoms with van der Waals surface area (Å²) >= 11 is 6.33. The topological polar surface area (TPSA) is 84.1 Å². The maximum absolute atomic E-state index is 9.38. The number of nitrogens with two attached hydrogens (primary N) is 1. The Hall–Kier alpha value is -3.07. The number of aromatic nitrogens is 2. The maximum atomic E-state index is 9.38.